The number of rotatable bonds is 2. The van der Waals surface area contributed by atoms with Crippen molar-refractivity contribution in [1.82, 2.24) is 9.55 Å². The molecule has 0 radical (unpaired) electrons. The predicted octanol–water partition coefficient (Wildman–Crippen LogP) is 2.98. The summed E-state index contributed by atoms with van der Waals surface area (Å²) in [5.74, 6) is -2.81. The number of hydrogen-bond acceptors (Lipinski definition) is 1. The number of halogens is 2. The first kappa shape index (κ1) is 9.83. The van der Waals surface area contributed by atoms with Crippen molar-refractivity contribution in [3.8, 4) is 5.69 Å². The molecule has 1 heterocycles. The maximum atomic E-state index is 13.1. The van der Waals surface area contributed by atoms with Gasteiger partial charge >= 0.3 is 0 Å². The van der Waals surface area contributed by atoms with Gasteiger partial charge in [0.1, 0.15) is 0 Å². The Labute approximate surface area is 86.2 Å². The van der Waals surface area contributed by atoms with Crippen LogP contribution >= 0.6 is 0 Å². The first-order valence-electron chi connectivity index (χ1n) is 4.54. The highest BCUT2D eigenvalue weighted by molar-refractivity contribution is 5.37. The molecule has 0 saturated carbocycles. The second-order valence-corrected chi connectivity index (χ2v) is 3.41. The molecule has 1 aromatic heterocycles. The van der Waals surface area contributed by atoms with Crippen molar-refractivity contribution in [1.29, 1.82) is 0 Å². The Morgan fingerprint density at radius 1 is 1.33 bits per heavy atom. The minimum atomic E-state index is -2.81. The molecule has 0 atom stereocenters. The van der Waals surface area contributed by atoms with Crippen molar-refractivity contribution < 1.29 is 8.78 Å². The number of alkyl halides is 2. The van der Waals surface area contributed by atoms with Crippen LogP contribution in [0.4, 0.5) is 8.78 Å². The summed E-state index contributed by atoms with van der Waals surface area (Å²) in [5, 5.41) is 0. The highest BCUT2D eigenvalue weighted by atomic mass is 19.3. The molecule has 0 N–H and O–H groups in total. The monoisotopic (exact) mass is 208 g/mol. The summed E-state index contributed by atoms with van der Waals surface area (Å²) in [5.41, 5.74) is 0.695. The molecule has 1 aromatic carbocycles. The average molecular weight is 208 g/mol. The van der Waals surface area contributed by atoms with Crippen LogP contribution in [0.5, 0.6) is 0 Å². The van der Waals surface area contributed by atoms with Crippen LogP contribution in [0.25, 0.3) is 5.69 Å². The summed E-state index contributed by atoms with van der Waals surface area (Å²) in [6.07, 6.45) is 4.90. The van der Waals surface area contributed by atoms with Gasteiger partial charge in [-0.3, -0.25) is 0 Å². The largest absolute Gasteiger partial charge is 0.306 e. The second-order valence-electron chi connectivity index (χ2n) is 3.41. The van der Waals surface area contributed by atoms with Crippen LogP contribution < -0.4 is 0 Å². The molecule has 2 rings (SSSR count). The molecule has 0 spiro atoms. The van der Waals surface area contributed by atoms with Crippen molar-refractivity contribution in [3.63, 3.8) is 0 Å². The Hall–Kier alpha value is -1.71. The van der Waals surface area contributed by atoms with E-state index in [1.807, 2.05) is 0 Å². The molecule has 2 aromatic rings. The normalized spacial score (nSPS) is 11.7. The lowest BCUT2D eigenvalue weighted by Crippen LogP contribution is -2.07. The van der Waals surface area contributed by atoms with Crippen molar-refractivity contribution in [2.45, 2.75) is 12.8 Å². The van der Waals surface area contributed by atoms with Gasteiger partial charge in [-0.15, -0.1) is 0 Å². The summed E-state index contributed by atoms with van der Waals surface area (Å²) < 4.78 is 27.8. The SMILES string of the molecule is CC(F)(F)c1cccc(-n2ccnc2)c1. The summed E-state index contributed by atoms with van der Waals surface area (Å²) in [6, 6.07) is 6.25. The van der Waals surface area contributed by atoms with Gasteiger partial charge in [-0.25, -0.2) is 13.8 Å². The average Bonchev–Trinajstić information content (AvgIpc) is 2.69. The van der Waals surface area contributed by atoms with Crippen LogP contribution in [0.3, 0.4) is 0 Å². The molecule has 0 unspecified atom stereocenters. The topological polar surface area (TPSA) is 17.8 Å². The lowest BCUT2D eigenvalue weighted by molar-refractivity contribution is 0.0174. The molecule has 15 heavy (non-hydrogen) atoms. The quantitative estimate of drug-likeness (QED) is 0.741. The van der Waals surface area contributed by atoms with Gasteiger partial charge in [-0.1, -0.05) is 12.1 Å². The van der Waals surface area contributed by atoms with Crippen LogP contribution in [-0.4, -0.2) is 9.55 Å². The van der Waals surface area contributed by atoms with Crippen LogP contribution in [-0.2, 0) is 5.92 Å². The van der Waals surface area contributed by atoms with Crippen LogP contribution in [0.2, 0.25) is 0 Å². The van der Waals surface area contributed by atoms with Gasteiger partial charge < -0.3 is 4.57 Å². The smallest absolute Gasteiger partial charge is 0.270 e. The highest BCUT2D eigenvalue weighted by Gasteiger charge is 2.24. The number of hydrogen-bond donors (Lipinski definition) is 0. The number of imidazole rings is 1. The molecular formula is C11H10F2N2. The molecule has 2 nitrogen and oxygen atoms in total. The third-order valence-electron chi connectivity index (χ3n) is 2.16. The molecule has 0 aliphatic heterocycles. The van der Waals surface area contributed by atoms with Crippen molar-refractivity contribution in [2.75, 3.05) is 0 Å². The van der Waals surface area contributed by atoms with Gasteiger partial charge in [-0.2, -0.15) is 0 Å². The van der Waals surface area contributed by atoms with Gasteiger partial charge in [0.25, 0.3) is 5.92 Å². The Kier molecular flexibility index (Phi) is 2.26. The van der Waals surface area contributed by atoms with E-state index in [4.69, 9.17) is 0 Å². The van der Waals surface area contributed by atoms with Crippen LogP contribution in [0.15, 0.2) is 43.0 Å². The number of aromatic nitrogens is 2. The molecule has 0 amide bonds. The molecule has 0 aliphatic rings. The summed E-state index contributed by atoms with van der Waals surface area (Å²) >= 11 is 0. The summed E-state index contributed by atoms with van der Waals surface area (Å²) in [7, 11) is 0. The van der Waals surface area contributed by atoms with Crippen LogP contribution in [0, 0.1) is 0 Å². The van der Waals surface area contributed by atoms with Gasteiger partial charge in [0.2, 0.25) is 0 Å². The van der Waals surface area contributed by atoms with E-state index in [2.05, 4.69) is 4.98 Å². The predicted molar refractivity (Wildman–Crippen MR) is 53.1 cm³/mol. The standard InChI is InChI=1S/C11H10F2N2/c1-11(12,13)9-3-2-4-10(7-9)15-6-5-14-8-15/h2-8H,1H3. The molecule has 0 aliphatic carbocycles. The molecular weight excluding hydrogens is 198 g/mol. The lowest BCUT2D eigenvalue weighted by Gasteiger charge is -2.12. The zero-order chi connectivity index (χ0) is 10.9. The fourth-order valence-corrected chi connectivity index (χ4v) is 1.35. The van der Waals surface area contributed by atoms with E-state index >= 15 is 0 Å². The lowest BCUT2D eigenvalue weighted by atomic mass is 10.1. The highest BCUT2D eigenvalue weighted by Crippen LogP contribution is 2.27. The van der Waals surface area contributed by atoms with E-state index < -0.39 is 5.92 Å². The van der Waals surface area contributed by atoms with Crippen molar-refractivity contribution >= 4 is 0 Å². The maximum Gasteiger partial charge on any atom is 0.270 e. The molecule has 78 valence electrons. The Balaban J connectivity index is 2.44. The zero-order valence-electron chi connectivity index (χ0n) is 8.19. The molecule has 0 saturated heterocycles. The van der Waals surface area contributed by atoms with Gasteiger partial charge in [-0.05, 0) is 12.1 Å². The van der Waals surface area contributed by atoms with Gasteiger partial charge in [0.05, 0.1) is 6.33 Å². The van der Waals surface area contributed by atoms with Gasteiger partial charge in [0, 0.05) is 30.6 Å². The zero-order valence-corrected chi connectivity index (χ0v) is 8.19. The minimum Gasteiger partial charge on any atom is -0.306 e. The summed E-state index contributed by atoms with van der Waals surface area (Å²) in [4.78, 5) is 3.87. The molecule has 0 bridgehead atoms. The minimum absolute atomic E-state index is 0.00806. The van der Waals surface area contributed by atoms with E-state index in [1.54, 1.807) is 35.4 Å². The summed E-state index contributed by atoms with van der Waals surface area (Å²) in [6.45, 7) is 0.889. The fourth-order valence-electron chi connectivity index (χ4n) is 1.35. The fraction of sp³-hybridized carbons (Fsp3) is 0.182. The Bertz CT molecular complexity index is 444. The molecule has 0 fully saturated rings. The Morgan fingerprint density at radius 2 is 2.13 bits per heavy atom. The first-order chi connectivity index (χ1) is 7.07. The van der Waals surface area contributed by atoms with E-state index in [-0.39, 0.29) is 5.56 Å². The Morgan fingerprint density at radius 3 is 2.73 bits per heavy atom. The van der Waals surface area contributed by atoms with Crippen LogP contribution in [0.1, 0.15) is 12.5 Å². The van der Waals surface area contributed by atoms with E-state index in [1.165, 1.54) is 12.1 Å². The number of benzene rings is 1. The maximum absolute atomic E-state index is 13.1. The number of nitrogens with zero attached hydrogens (tertiary/aromatic N) is 2. The van der Waals surface area contributed by atoms with Crippen molar-refractivity contribution in [2.24, 2.45) is 0 Å². The third kappa shape index (κ3) is 2.03. The first-order valence-corrected chi connectivity index (χ1v) is 4.54. The van der Waals surface area contributed by atoms with E-state index in [0.29, 0.717) is 5.69 Å². The van der Waals surface area contributed by atoms with Crippen molar-refractivity contribution in [3.05, 3.63) is 48.5 Å². The van der Waals surface area contributed by atoms with Gasteiger partial charge in [0.15, 0.2) is 0 Å². The third-order valence-corrected chi connectivity index (χ3v) is 2.16. The van der Waals surface area contributed by atoms with E-state index in [0.717, 1.165) is 6.92 Å². The second kappa shape index (κ2) is 3.46. The van der Waals surface area contributed by atoms with E-state index in [9.17, 15) is 8.78 Å². The molecule has 4 heteroatoms.